The average molecular weight is 208 g/mol. The quantitative estimate of drug-likeness (QED) is 0.510. The lowest BCUT2D eigenvalue weighted by atomic mass is 10.5. The fourth-order valence-electron chi connectivity index (χ4n) is 0.729. The molecule has 0 fully saturated rings. The highest BCUT2D eigenvalue weighted by Gasteiger charge is 2.04. The Kier molecular flexibility index (Phi) is 3.12. The third-order valence-electron chi connectivity index (χ3n) is 1.28. The number of aromatic nitrogens is 1. The highest BCUT2D eigenvalue weighted by atomic mass is 35.5. The van der Waals surface area contributed by atoms with Crippen LogP contribution in [0, 0.1) is 0 Å². The fraction of sp³-hybridized carbons (Fsp3) is 0.286. The lowest BCUT2D eigenvalue weighted by molar-refractivity contribution is 1.35. The third kappa shape index (κ3) is 2.30. The molecule has 0 unspecified atom stereocenters. The first-order valence-electron chi connectivity index (χ1n) is 3.09. The molecular weight excluding hydrogens is 200 g/mol. The molecule has 0 aromatic carbocycles. The zero-order valence-electron chi connectivity index (χ0n) is 6.31. The Balaban J connectivity index is 3.09. The van der Waals surface area contributed by atoms with Crippen LogP contribution in [0.5, 0.6) is 0 Å². The number of nitrogens with zero attached hydrogens (tertiary/aromatic N) is 1. The summed E-state index contributed by atoms with van der Waals surface area (Å²) in [4.78, 5) is 3.96. The molecule has 1 rings (SSSR count). The summed E-state index contributed by atoms with van der Waals surface area (Å²) in [6.45, 7) is 4.26. The second kappa shape index (κ2) is 3.71. The summed E-state index contributed by atoms with van der Waals surface area (Å²) in [7, 11) is -0.182. The van der Waals surface area contributed by atoms with Crippen LogP contribution in [0.2, 0.25) is 10.2 Å². The van der Waals surface area contributed by atoms with E-state index in [0.29, 0.717) is 5.15 Å². The highest BCUT2D eigenvalue weighted by molar-refractivity contribution is 7.64. The number of rotatable bonds is 1. The minimum Gasteiger partial charge on any atom is -0.244 e. The van der Waals surface area contributed by atoms with Gasteiger partial charge < -0.3 is 0 Å². The maximum Gasteiger partial charge on any atom is 0.130 e. The van der Waals surface area contributed by atoms with Crippen LogP contribution in [0.4, 0.5) is 0 Å². The zero-order valence-corrected chi connectivity index (χ0v) is 8.71. The van der Waals surface area contributed by atoms with Crippen molar-refractivity contribution >= 4 is 36.4 Å². The molecule has 1 aromatic rings. The monoisotopic (exact) mass is 207 g/mol. The molecular formula is C7H8Cl2NP. The van der Waals surface area contributed by atoms with Crippen LogP contribution in [0.1, 0.15) is 0 Å². The molecule has 60 valence electrons. The van der Waals surface area contributed by atoms with Crippen molar-refractivity contribution in [2.75, 3.05) is 13.3 Å². The van der Waals surface area contributed by atoms with Crippen LogP contribution in [-0.2, 0) is 0 Å². The van der Waals surface area contributed by atoms with E-state index in [2.05, 4.69) is 18.3 Å². The molecule has 1 aromatic heterocycles. The van der Waals surface area contributed by atoms with Crippen molar-refractivity contribution in [3.05, 3.63) is 22.4 Å². The van der Waals surface area contributed by atoms with E-state index in [1.165, 1.54) is 0 Å². The van der Waals surface area contributed by atoms with Gasteiger partial charge in [0.15, 0.2) is 0 Å². The number of halogens is 2. The molecule has 0 radical (unpaired) electrons. The SMILES string of the molecule is CP(C)c1cnc(Cl)cc1Cl. The van der Waals surface area contributed by atoms with E-state index >= 15 is 0 Å². The van der Waals surface area contributed by atoms with Crippen molar-refractivity contribution < 1.29 is 0 Å². The van der Waals surface area contributed by atoms with Crippen molar-refractivity contribution in [2.45, 2.75) is 0 Å². The summed E-state index contributed by atoms with van der Waals surface area (Å²) in [5, 5.41) is 2.28. The summed E-state index contributed by atoms with van der Waals surface area (Å²) < 4.78 is 0. The van der Waals surface area contributed by atoms with Crippen LogP contribution in [0.3, 0.4) is 0 Å². The predicted molar refractivity (Wildman–Crippen MR) is 52.7 cm³/mol. The smallest absolute Gasteiger partial charge is 0.130 e. The maximum atomic E-state index is 5.92. The second-order valence-corrected chi connectivity index (χ2v) is 5.42. The number of pyridine rings is 1. The van der Waals surface area contributed by atoms with Gasteiger partial charge in [-0.1, -0.05) is 31.1 Å². The lowest BCUT2D eigenvalue weighted by Crippen LogP contribution is -2.01. The summed E-state index contributed by atoms with van der Waals surface area (Å²) in [5.74, 6) is 0. The Bertz CT molecular complexity index is 263. The lowest BCUT2D eigenvalue weighted by Gasteiger charge is -2.06. The van der Waals surface area contributed by atoms with Gasteiger partial charge in [-0.05, 0) is 19.4 Å². The van der Waals surface area contributed by atoms with Gasteiger partial charge in [0.25, 0.3) is 0 Å². The van der Waals surface area contributed by atoms with Gasteiger partial charge in [-0.3, -0.25) is 0 Å². The van der Waals surface area contributed by atoms with E-state index in [4.69, 9.17) is 23.2 Å². The first kappa shape index (κ1) is 9.25. The normalized spacial score (nSPS) is 10.6. The molecule has 0 aliphatic carbocycles. The van der Waals surface area contributed by atoms with Crippen LogP contribution >= 0.6 is 31.1 Å². The van der Waals surface area contributed by atoms with Gasteiger partial charge in [-0.25, -0.2) is 4.98 Å². The Morgan fingerprint density at radius 2 is 2.00 bits per heavy atom. The van der Waals surface area contributed by atoms with Gasteiger partial charge in [-0.15, -0.1) is 0 Å². The number of hydrogen-bond donors (Lipinski definition) is 0. The molecule has 0 amide bonds. The van der Waals surface area contributed by atoms with Crippen LogP contribution < -0.4 is 5.30 Å². The molecule has 11 heavy (non-hydrogen) atoms. The largest absolute Gasteiger partial charge is 0.244 e. The molecule has 0 bridgehead atoms. The molecule has 0 saturated carbocycles. The molecule has 4 heteroatoms. The number of hydrogen-bond acceptors (Lipinski definition) is 1. The Labute approximate surface area is 77.5 Å². The Morgan fingerprint density at radius 1 is 1.36 bits per heavy atom. The first-order chi connectivity index (χ1) is 5.11. The summed E-state index contributed by atoms with van der Waals surface area (Å²) in [6, 6.07) is 1.68. The Hall–Kier alpha value is 0.160. The summed E-state index contributed by atoms with van der Waals surface area (Å²) in [5.41, 5.74) is 0. The van der Waals surface area contributed by atoms with Crippen molar-refractivity contribution in [2.24, 2.45) is 0 Å². The predicted octanol–water partition coefficient (Wildman–Crippen LogP) is 2.76. The van der Waals surface area contributed by atoms with Crippen molar-refractivity contribution in [3.63, 3.8) is 0 Å². The van der Waals surface area contributed by atoms with E-state index in [1.54, 1.807) is 12.3 Å². The van der Waals surface area contributed by atoms with Crippen LogP contribution in [-0.4, -0.2) is 18.3 Å². The average Bonchev–Trinajstić information content (AvgIpc) is 1.85. The minimum atomic E-state index is -0.182. The van der Waals surface area contributed by atoms with Gasteiger partial charge in [0.05, 0.1) is 5.02 Å². The van der Waals surface area contributed by atoms with Crippen molar-refractivity contribution in [3.8, 4) is 0 Å². The van der Waals surface area contributed by atoms with Gasteiger partial charge >= 0.3 is 0 Å². The first-order valence-corrected chi connectivity index (χ1v) is 6.09. The molecule has 0 saturated heterocycles. The second-order valence-electron chi connectivity index (χ2n) is 2.35. The third-order valence-corrected chi connectivity index (χ3v) is 3.25. The minimum absolute atomic E-state index is 0.182. The molecule has 1 nitrogen and oxygen atoms in total. The molecule has 0 aliphatic rings. The van der Waals surface area contributed by atoms with Crippen molar-refractivity contribution in [1.29, 1.82) is 0 Å². The van der Waals surface area contributed by atoms with E-state index in [9.17, 15) is 0 Å². The zero-order chi connectivity index (χ0) is 8.43. The fourth-order valence-corrected chi connectivity index (χ4v) is 2.38. The highest BCUT2D eigenvalue weighted by Crippen LogP contribution is 2.28. The molecule has 1 heterocycles. The van der Waals surface area contributed by atoms with Gasteiger partial charge in [0, 0.05) is 11.5 Å². The van der Waals surface area contributed by atoms with Gasteiger partial charge in [-0.2, -0.15) is 0 Å². The summed E-state index contributed by atoms with van der Waals surface area (Å²) in [6.07, 6.45) is 1.75. The maximum absolute atomic E-state index is 5.92. The van der Waals surface area contributed by atoms with Crippen LogP contribution in [0.25, 0.3) is 0 Å². The van der Waals surface area contributed by atoms with Crippen molar-refractivity contribution in [1.82, 2.24) is 4.98 Å². The van der Waals surface area contributed by atoms with Gasteiger partial charge in [0.2, 0.25) is 0 Å². The molecule has 0 aliphatic heterocycles. The van der Waals surface area contributed by atoms with E-state index < -0.39 is 0 Å². The standard InChI is InChI=1S/C7H8Cl2NP/c1-11(2)6-4-10-7(9)3-5(6)8/h3-4H,1-2H3. The molecule has 0 atom stereocenters. The van der Waals surface area contributed by atoms with Gasteiger partial charge in [0.1, 0.15) is 5.15 Å². The summed E-state index contributed by atoms with van der Waals surface area (Å²) >= 11 is 11.5. The molecule has 0 spiro atoms. The Morgan fingerprint density at radius 3 is 2.45 bits per heavy atom. The molecule has 0 N–H and O–H groups in total. The van der Waals surface area contributed by atoms with E-state index in [0.717, 1.165) is 10.3 Å². The van der Waals surface area contributed by atoms with E-state index in [-0.39, 0.29) is 7.92 Å². The van der Waals surface area contributed by atoms with Crippen LogP contribution in [0.15, 0.2) is 12.3 Å². The van der Waals surface area contributed by atoms with E-state index in [1.807, 2.05) is 0 Å². The topological polar surface area (TPSA) is 12.9 Å².